The Hall–Kier alpha value is -0.480. The third kappa shape index (κ3) is 7.63. The Morgan fingerprint density at radius 3 is 2.00 bits per heavy atom. The highest BCUT2D eigenvalue weighted by Gasteiger charge is 2.16. The molecule has 0 radical (unpaired) electrons. The van der Waals surface area contributed by atoms with Gasteiger partial charge in [0.1, 0.15) is 5.75 Å². The van der Waals surface area contributed by atoms with Crippen molar-refractivity contribution >= 4 is 24.8 Å². The Balaban J connectivity index is 0. The highest BCUT2D eigenvalue weighted by molar-refractivity contribution is 5.85. The Morgan fingerprint density at radius 1 is 1.05 bits per heavy atom. The molecule has 1 rings (SSSR count). The summed E-state index contributed by atoms with van der Waals surface area (Å²) in [5, 5.41) is 0. The second-order valence-corrected chi connectivity index (χ2v) is 4.90. The lowest BCUT2D eigenvalue weighted by molar-refractivity contribution is 0.412. The highest BCUT2D eigenvalue weighted by atomic mass is 35.5. The van der Waals surface area contributed by atoms with Crippen molar-refractivity contribution in [1.29, 1.82) is 0 Å². The van der Waals surface area contributed by atoms with Crippen molar-refractivity contribution in [3.8, 4) is 5.75 Å². The molecule has 19 heavy (non-hydrogen) atoms. The molecule has 0 bridgehead atoms. The lowest BCUT2D eigenvalue weighted by atomic mass is 9.87. The van der Waals surface area contributed by atoms with Gasteiger partial charge in [0.15, 0.2) is 0 Å². The maximum absolute atomic E-state index is 5.90. The van der Waals surface area contributed by atoms with Crippen LogP contribution in [-0.4, -0.2) is 19.2 Å². The van der Waals surface area contributed by atoms with Gasteiger partial charge in [-0.05, 0) is 50.3 Å². The van der Waals surface area contributed by atoms with E-state index in [9.17, 15) is 0 Å². The van der Waals surface area contributed by atoms with Crippen LogP contribution in [0, 0.1) is 0 Å². The quantitative estimate of drug-likeness (QED) is 0.849. The SMILES string of the molecule is COc1cccc(C(CC(C)N)CC(C)N)c1.Cl.Cl. The van der Waals surface area contributed by atoms with E-state index in [1.54, 1.807) is 7.11 Å². The minimum Gasteiger partial charge on any atom is -0.497 e. The van der Waals surface area contributed by atoms with Gasteiger partial charge in [-0.15, -0.1) is 24.8 Å². The minimum atomic E-state index is 0. The predicted octanol–water partition coefficient (Wildman–Crippen LogP) is 3.10. The summed E-state index contributed by atoms with van der Waals surface area (Å²) in [5.41, 5.74) is 13.1. The average molecular weight is 309 g/mol. The van der Waals surface area contributed by atoms with E-state index in [0.717, 1.165) is 18.6 Å². The number of hydrogen-bond acceptors (Lipinski definition) is 3. The first kappa shape index (κ1) is 20.8. The second kappa shape index (κ2) is 10.3. The molecule has 0 aliphatic rings. The van der Waals surface area contributed by atoms with Crippen LogP contribution in [0.15, 0.2) is 24.3 Å². The van der Waals surface area contributed by atoms with Gasteiger partial charge in [-0.3, -0.25) is 0 Å². The summed E-state index contributed by atoms with van der Waals surface area (Å²) < 4.78 is 5.25. The van der Waals surface area contributed by atoms with Gasteiger partial charge in [0.05, 0.1) is 7.11 Å². The first-order valence-electron chi connectivity index (χ1n) is 6.18. The normalized spacial score (nSPS) is 14.6. The summed E-state index contributed by atoms with van der Waals surface area (Å²) in [7, 11) is 1.69. The van der Waals surface area contributed by atoms with Crippen LogP contribution in [0.5, 0.6) is 5.75 Å². The molecule has 0 aliphatic heterocycles. The van der Waals surface area contributed by atoms with Crippen LogP contribution in [0.4, 0.5) is 0 Å². The van der Waals surface area contributed by atoms with E-state index in [0.29, 0.717) is 5.92 Å². The average Bonchev–Trinajstić information content (AvgIpc) is 2.27. The van der Waals surface area contributed by atoms with E-state index in [1.165, 1.54) is 5.56 Å². The Bertz CT molecular complexity index is 336. The molecular weight excluding hydrogens is 283 g/mol. The van der Waals surface area contributed by atoms with Gasteiger partial charge in [-0.2, -0.15) is 0 Å². The largest absolute Gasteiger partial charge is 0.497 e. The highest BCUT2D eigenvalue weighted by Crippen LogP contribution is 2.28. The van der Waals surface area contributed by atoms with Gasteiger partial charge in [0.2, 0.25) is 0 Å². The van der Waals surface area contributed by atoms with Crippen molar-refractivity contribution in [2.45, 2.75) is 44.7 Å². The molecule has 1 aromatic rings. The van der Waals surface area contributed by atoms with Crippen LogP contribution < -0.4 is 16.2 Å². The zero-order valence-electron chi connectivity index (χ0n) is 11.8. The molecule has 1 aromatic carbocycles. The van der Waals surface area contributed by atoms with Crippen molar-refractivity contribution in [2.24, 2.45) is 11.5 Å². The fraction of sp³-hybridized carbons (Fsp3) is 0.571. The number of hydrogen-bond donors (Lipinski definition) is 2. The molecule has 2 atom stereocenters. The molecule has 0 heterocycles. The van der Waals surface area contributed by atoms with Crippen LogP contribution in [0.1, 0.15) is 38.2 Å². The first-order chi connectivity index (χ1) is 8.02. The van der Waals surface area contributed by atoms with Crippen LogP contribution in [0.2, 0.25) is 0 Å². The lowest BCUT2D eigenvalue weighted by Gasteiger charge is -2.21. The number of rotatable bonds is 6. The van der Waals surface area contributed by atoms with Crippen molar-refractivity contribution in [3.63, 3.8) is 0 Å². The maximum Gasteiger partial charge on any atom is 0.119 e. The molecule has 0 fully saturated rings. The molecule has 3 nitrogen and oxygen atoms in total. The van der Waals surface area contributed by atoms with Crippen LogP contribution in [0.3, 0.4) is 0 Å². The molecule has 0 saturated carbocycles. The van der Waals surface area contributed by atoms with E-state index in [2.05, 4.69) is 12.1 Å². The van der Waals surface area contributed by atoms with Gasteiger partial charge < -0.3 is 16.2 Å². The van der Waals surface area contributed by atoms with E-state index in [4.69, 9.17) is 16.2 Å². The van der Waals surface area contributed by atoms with Gasteiger partial charge in [-0.1, -0.05) is 12.1 Å². The van der Waals surface area contributed by atoms with Crippen LogP contribution in [-0.2, 0) is 0 Å². The van der Waals surface area contributed by atoms with Crippen LogP contribution >= 0.6 is 24.8 Å². The molecule has 0 spiro atoms. The van der Waals surface area contributed by atoms with E-state index in [-0.39, 0.29) is 36.9 Å². The van der Waals surface area contributed by atoms with Gasteiger partial charge in [-0.25, -0.2) is 0 Å². The fourth-order valence-electron chi connectivity index (χ4n) is 2.16. The number of halogens is 2. The third-order valence-corrected chi connectivity index (χ3v) is 2.88. The standard InChI is InChI=1S/C14H24N2O.2ClH/c1-10(15)7-13(8-11(2)16)12-5-4-6-14(9-12)17-3;;/h4-6,9-11,13H,7-8,15-16H2,1-3H3;2*1H. The monoisotopic (exact) mass is 308 g/mol. The van der Waals surface area contributed by atoms with Gasteiger partial charge >= 0.3 is 0 Å². The number of nitrogens with two attached hydrogens (primary N) is 2. The number of benzene rings is 1. The molecule has 4 N–H and O–H groups in total. The Labute approximate surface area is 128 Å². The summed E-state index contributed by atoms with van der Waals surface area (Å²) in [5.74, 6) is 1.30. The van der Waals surface area contributed by atoms with E-state index in [1.807, 2.05) is 26.0 Å². The summed E-state index contributed by atoms with van der Waals surface area (Å²) in [6.45, 7) is 4.07. The number of ether oxygens (including phenoxy) is 1. The Kier molecular flexibility index (Phi) is 11.3. The van der Waals surface area contributed by atoms with Gasteiger partial charge in [0.25, 0.3) is 0 Å². The molecule has 5 heteroatoms. The lowest BCUT2D eigenvalue weighted by Crippen LogP contribution is -2.24. The molecule has 0 aromatic heterocycles. The zero-order chi connectivity index (χ0) is 12.8. The molecule has 112 valence electrons. The fourth-order valence-corrected chi connectivity index (χ4v) is 2.16. The summed E-state index contributed by atoms with van der Waals surface area (Å²) in [6, 6.07) is 8.55. The minimum absolute atomic E-state index is 0. The molecule has 0 aliphatic carbocycles. The second-order valence-electron chi connectivity index (χ2n) is 4.90. The van der Waals surface area contributed by atoms with E-state index < -0.39 is 0 Å². The first-order valence-corrected chi connectivity index (χ1v) is 6.18. The number of methoxy groups -OCH3 is 1. The molecular formula is C14H26Cl2N2O. The van der Waals surface area contributed by atoms with Crippen molar-refractivity contribution in [2.75, 3.05) is 7.11 Å². The van der Waals surface area contributed by atoms with Crippen LogP contribution in [0.25, 0.3) is 0 Å². The molecule has 0 saturated heterocycles. The third-order valence-electron chi connectivity index (χ3n) is 2.88. The zero-order valence-corrected chi connectivity index (χ0v) is 13.5. The topological polar surface area (TPSA) is 61.3 Å². The summed E-state index contributed by atoms with van der Waals surface area (Å²) in [6.07, 6.45) is 1.91. The Morgan fingerprint density at radius 2 is 1.58 bits per heavy atom. The van der Waals surface area contributed by atoms with Gasteiger partial charge in [0, 0.05) is 12.1 Å². The predicted molar refractivity (Wildman–Crippen MR) is 86.8 cm³/mol. The van der Waals surface area contributed by atoms with Crippen molar-refractivity contribution in [3.05, 3.63) is 29.8 Å². The summed E-state index contributed by atoms with van der Waals surface area (Å²) in [4.78, 5) is 0. The summed E-state index contributed by atoms with van der Waals surface area (Å²) >= 11 is 0. The maximum atomic E-state index is 5.90. The smallest absolute Gasteiger partial charge is 0.119 e. The van der Waals surface area contributed by atoms with E-state index >= 15 is 0 Å². The van der Waals surface area contributed by atoms with Crippen molar-refractivity contribution < 1.29 is 4.74 Å². The molecule has 2 unspecified atom stereocenters. The molecule has 0 amide bonds. The van der Waals surface area contributed by atoms with Crippen molar-refractivity contribution in [1.82, 2.24) is 0 Å².